The van der Waals surface area contributed by atoms with Crippen LogP contribution in [0.25, 0.3) is 0 Å². The Morgan fingerprint density at radius 2 is 1.93 bits per heavy atom. The molecule has 0 aliphatic rings. The number of ether oxygens (including phenoxy) is 1. The van der Waals surface area contributed by atoms with E-state index in [0.717, 1.165) is 0 Å². The van der Waals surface area contributed by atoms with Crippen LogP contribution in [-0.2, 0) is 4.74 Å². The molecular formula is C12H16O3. The predicted octanol–water partition coefficient (Wildman–Crippen LogP) is 2.66. The number of hydrogen-bond acceptors (Lipinski definition) is 3. The topological polar surface area (TPSA) is 46.5 Å². The van der Waals surface area contributed by atoms with Gasteiger partial charge in [-0.3, -0.25) is 0 Å². The Hall–Kier alpha value is -1.51. The lowest BCUT2D eigenvalue weighted by molar-refractivity contribution is 0.00667. The van der Waals surface area contributed by atoms with Gasteiger partial charge in [-0.25, -0.2) is 4.79 Å². The average molecular weight is 208 g/mol. The number of rotatable bonds is 1. The Morgan fingerprint density at radius 1 is 1.33 bits per heavy atom. The summed E-state index contributed by atoms with van der Waals surface area (Å²) in [6.07, 6.45) is 0. The van der Waals surface area contributed by atoms with Gasteiger partial charge in [-0.2, -0.15) is 0 Å². The number of aryl methyl sites for hydroxylation is 1. The van der Waals surface area contributed by atoms with E-state index in [1.807, 2.05) is 0 Å². The number of esters is 1. The first-order valence-corrected chi connectivity index (χ1v) is 4.83. The number of para-hydroxylation sites is 1. The van der Waals surface area contributed by atoms with Crippen molar-refractivity contribution < 1.29 is 14.6 Å². The van der Waals surface area contributed by atoms with Crippen molar-refractivity contribution in [2.75, 3.05) is 0 Å². The quantitative estimate of drug-likeness (QED) is 0.722. The molecule has 0 fully saturated rings. The maximum atomic E-state index is 11.7. The van der Waals surface area contributed by atoms with Gasteiger partial charge in [0.1, 0.15) is 16.9 Å². The van der Waals surface area contributed by atoms with Crippen molar-refractivity contribution in [3.8, 4) is 5.75 Å². The summed E-state index contributed by atoms with van der Waals surface area (Å²) in [6, 6.07) is 5.01. The van der Waals surface area contributed by atoms with Crippen molar-refractivity contribution in [2.45, 2.75) is 33.3 Å². The molecule has 3 nitrogen and oxygen atoms in total. The van der Waals surface area contributed by atoms with E-state index in [1.54, 1.807) is 45.9 Å². The third-order valence-corrected chi connectivity index (χ3v) is 1.86. The fraction of sp³-hybridized carbons (Fsp3) is 0.417. The van der Waals surface area contributed by atoms with E-state index in [1.165, 1.54) is 0 Å². The lowest BCUT2D eigenvalue weighted by atomic mass is 10.1. The van der Waals surface area contributed by atoms with Crippen LogP contribution in [-0.4, -0.2) is 16.7 Å². The minimum atomic E-state index is -0.548. The van der Waals surface area contributed by atoms with Gasteiger partial charge in [-0.15, -0.1) is 0 Å². The van der Waals surface area contributed by atoms with Crippen LogP contribution in [0.2, 0.25) is 0 Å². The minimum Gasteiger partial charge on any atom is -0.507 e. The molecule has 15 heavy (non-hydrogen) atoms. The number of benzene rings is 1. The van der Waals surface area contributed by atoms with Crippen molar-refractivity contribution in [1.29, 1.82) is 0 Å². The van der Waals surface area contributed by atoms with Crippen molar-refractivity contribution in [3.63, 3.8) is 0 Å². The Morgan fingerprint density at radius 3 is 2.47 bits per heavy atom. The summed E-state index contributed by atoms with van der Waals surface area (Å²) in [6.45, 7) is 7.11. The summed E-state index contributed by atoms with van der Waals surface area (Å²) in [5.41, 5.74) is 0.330. The largest absolute Gasteiger partial charge is 0.507 e. The first kappa shape index (κ1) is 11.6. The highest BCUT2D eigenvalue weighted by molar-refractivity contribution is 5.93. The molecule has 0 aliphatic carbocycles. The van der Waals surface area contributed by atoms with Crippen LogP contribution in [0.5, 0.6) is 5.75 Å². The Labute approximate surface area is 89.7 Å². The van der Waals surface area contributed by atoms with E-state index in [2.05, 4.69) is 0 Å². The van der Waals surface area contributed by atoms with Gasteiger partial charge in [0.05, 0.1) is 0 Å². The van der Waals surface area contributed by atoms with Crippen LogP contribution in [0.3, 0.4) is 0 Å². The number of carbonyl (C=O) groups is 1. The molecule has 0 atom stereocenters. The highest BCUT2D eigenvalue weighted by Gasteiger charge is 2.20. The third-order valence-electron chi connectivity index (χ3n) is 1.86. The fourth-order valence-electron chi connectivity index (χ4n) is 1.16. The Kier molecular flexibility index (Phi) is 3.03. The van der Waals surface area contributed by atoms with Crippen LogP contribution in [0, 0.1) is 6.92 Å². The van der Waals surface area contributed by atoms with Gasteiger partial charge >= 0.3 is 5.97 Å². The van der Waals surface area contributed by atoms with E-state index >= 15 is 0 Å². The van der Waals surface area contributed by atoms with E-state index in [0.29, 0.717) is 5.56 Å². The monoisotopic (exact) mass is 208 g/mol. The molecule has 0 bridgehead atoms. The van der Waals surface area contributed by atoms with E-state index in [9.17, 15) is 9.90 Å². The predicted molar refractivity (Wildman–Crippen MR) is 58.0 cm³/mol. The molecule has 0 saturated carbocycles. The molecular weight excluding hydrogens is 192 g/mol. The molecule has 0 radical (unpaired) electrons. The maximum absolute atomic E-state index is 11.7. The smallest absolute Gasteiger partial charge is 0.342 e. The van der Waals surface area contributed by atoms with Gasteiger partial charge in [0, 0.05) is 0 Å². The molecule has 0 saturated heterocycles. The molecule has 1 aromatic carbocycles. The van der Waals surface area contributed by atoms with Gasteiger partial charge in [0.25, 0.3) is 0 Å². The van der Waals surface area contributed by atoms with Crippen molar-refractivity contribution in [2.24, 2.45) is 0 Å². The van der Waals surface area contributed by atoms with Gasteiger partial charge in [0.2, 0.25) is 0 Å². The van der Waals surface area contributed by atoms with Crippen LogP contribution >= 0.6 is 0 Å². The normalized spacial score (nSPS) is 11.2. The average Bonchev–Trinajstić information content (AvgIpc) is 2.06. The second-order valence-electron chi connectivity index (χ2n) is 4.47. The molecule has 1 aromatic rings. The van der Waals surface area contributed by atoms with Crippen LogP contribution in [0.1, 0.15) is 36.7 Å². The summed E-state index contributed by atoms with van der Waals surface area (Å²) in [7, 11) is 0. The maximum Gasteiger partial charge on any atom is 0.342 e. The molecule has 82 valence electrons. The van der Waals surface area contributed by atoms with Crippen LogP contribution < -0.4 is 0 Å². The molecule has 3 heteroatoms. The summed E-state index contributed by atoms with van der Waals surface area (Å²) in [5, 5.41) is 9.66. The standard InChI is InChI=1S/C12H16O3/c1-8-6-5-7-9(10(8)13)11(14)15-12(2,3)4/h5-7,13H,1-4H3. The number of hydrogen-bond donors (Lipinski definition) is 1. The van der Waals surface area contributed by atoms with Gasteiger partial charge in [-0.1, -0.05) is 12.1 Å². The second-order valence-corrected chi connectivity index (χ2v) is 4.47. The summed E-state index contributed by atoms with van der Waals surface area (Å²) in [4.78, 5) is 11.7. The molecule has 0 unspecified atom stereocenters. The first-order chi connectivity index (χ1) is 6.81. The second kappa shape index (κ2) is 3.93. The number of phenolic OH excluding ortho intramolecular Hbond substituents is 1. The lowest BCUT2D eigenvalue weighted by Crippen LogP contribution is -2.24. The highest BCUT2D eigenvalue weighted by atomic mass is 16.6. The molecule has 0 aliphatic heterocycles. The molecule has 1 rings (SSSR count). The Bertz CT molecular complexity index is 375. The van der Waals surface area contributed by atoms with Gasteiger partial charge < -0.3 is 9.84 Å². The zero-order valence-electron chi connectivity index (χ0n) is 9.50. The summed E-state index contributed by atoms with van der Waals surface area (Å²) in [5.74, 6) is -0.504. The molecule has 0 amide bonds. The summed E-state index contributed by atoms with van der Waals surface area (Å²) >= 11 is 0. The van der Waals surface area contributed by atoms with Crippen molar-refractivity contribution in [3.05, 3.63) is 29.3 Å². The summed E-state index contributed by atoms with van der Waals surface area (Å²) < 4.78 is 5.16. The lowest BCUT2D eigenvalue weighted by Gasteiger charge is -2.20. The van der Waals surface area contributed by atoms with Crippen molar-refractivity contribution in [1.82, 2.24) is 0 Å². The molecule has 0 spiro atoms. The number of carbonyl (C=O) groups excluding carboxylic acids is 1. The van der Waals surface area contributed by atoms with Crippen molar-refractivity contribution >= 4 is 5.97 Å². The minimum absolute atomic E-state index is 0.00764. The van der Waals surface area contributed by atoms with E-state index in [4.69, 9.17) is 4.74 Å². The molecule has 0 aromatic heterocycles. The highest BCUT2D eigenvalue weighted by Crippen LogP contribution is 2.23. The van der Waals surface area contributed by atoms with Gasteiger partial charge in [0.15, 0.2) is 0 Å². The van der Waals surface area contributed by atoms with E-state index < -0.39 is 11.6 Å². The van der Waals surface area contributed by atoms with Gasteiger partial charge in [-0.05, 0) is 39.3 Å². The van der Waals surface area contributed by atoms with Crippen LogP contribution in [0.4, 0.5) is 0 Å². The molecule has 1 N–H and O–H groups in total. The van der Waals surface area contributed by atoms with E-state index in [-0.39, 0.29) is 11.3 Å². The Balaban J connectivity index is 2.97. The molecule has 0 heterocycles. The third kappa shape index (κ3) is 2.98. The zero-order valence-corrected chi connectivity index (χ0v) is 9.50. The number of phenols is 1. The SMILES string of the molecule is Cc1cccc(C(=O)OC(C)(C)C)c1O. The number of aromatic hydroxyl groups is 1. The fourth-order valence-corrected chi connectivity index (χ4v) is 1.16. The van der Waals surface area contributed by atoms with Crippen LogP contribution in [0.15, 0.2) is 18.2 Å². The zero-order chi connectivity index (χ0) is 11.6. The first-order valence-electron chi connectivity index (χ1n) is 4.83.